The second-order valence-corrected chi connectivity index (χ2v) is 5.41. The number of aryl methyl sites for hydroxylation is 1. The van der Waals surface area contributed by atoms with E-state index in [9.17, 15) is 4.39 Å². The van der Waals surface area contributed by atoms with E-state index in [-0.39, 0.29) is 5.82 Å². The maximum atomic E-state index is 13.5. The zero-order chi connectivity index (χ0) is 14.5. The van der Waals surface area contributed by atoms with Crippen molar-refractivity contribution in [1.29, 1.82) is 0 Å². The Morgan fingerprint density at radius 2 is 2.00 bits per heavy atom. The number of benzene rings is 2. The lowest BCUT2D eigenvalue weighted by Gasteiger charge is -2.10. The van der Waals surface area contributed by atoms with E-state index in [2.05, 4.69) is 28.2 Å². The van der Waals surface area contributed by atoms with Crippen molar-refractivity contribution >= 4 is 15.9 Å². The number of ether oxygens (including phenoxy) is 1. The molecular formula is C16H17BrFNO. The molecule has 0 amide bonds. The van der Waals surface area contributed by atoms with Crippen molar-refractivity contribution in [2.24, 2.45) is 0 Å². The van der Waals surface area contributed by atoms with E-state index in [0.717, 1.165) is 17.6 Å². The van der Waals surface area contributed by atoms with Crippen molar-refractivity contribution in [3.63, 3.8) is 0 Å². The molecule has 106 valence electrons. The van der Waals surface area contributed by atoms with Gasteiger partial charge in [-0.25, -0.2) is 4.39 Å². The molecule has 1 N–H and O–H groups in total. The average molecular weight is 338 g/mol. The van der Waals surface area contributed by atoms with Crippen LogP contribution in [0.15, 0.2) is 40.9 Å². The van der Waals surface area contributed by atoms with E-state index in [1.54, 1.807) is 19.1 Å². The number of hydrogen-bond acceptors (Lipinski definition) is 2. The summed E-state index contributed by atoms with van der Waals surface area (Å²) in [6, 6.07) is 10.7. The molecule has 0 aliphatic carbocycles. The number of nitrogens with one attached hydrogen (secondary N) is 1. The van der Waals surface area contributed by atoms with Crippen LogP contribution in [0.4, 0.5) is 4.39 Å². The maximum absolute atomic E-state index is 13.5. The third-order valence-electron chi connectivity index (χ3n) is 2.95. The Morgan fingerprint density at radius 1 is 1.20 bits per heavy atom. The minimum atomic E-state index is -0.262. The fraction of sp³-hybridized carbons (Fsp3) is 0.250. The lowest BCUT2D eigenvalue weighted by molar-refractivity contribution is 0.473. The zero-order valence-electron chi connectivity index (χ0n) is 11.5. The van der Waals surface area contributed by atoms with E-state index in [4.69, 9.17) is 4.74 Å². The predicted molar refractivity (Wildman–Crippen MR) is 82.7 cm³/mol. The second-order valence-electron chi connectivity index (χ2n) is 4.56. The van der Waals surface area contributed by atoms with Crippen molar-refractivity contribution in [1.82, 2.24) is 5.32 Å². The van der Waals surface area contributed by atoms with Gasteiger partial charge in [0.25, 0.3) is 0 Å². The predicted octanol–water partition coefficient (Wildman–Crippen LogP) is 4.80. The number of hydrogen-bond donors (Lipinski definition) is 1. The Morgan fingerprint density at radius 3 is 2.65 bits per heavy atom. The summed E-state index contributed by atoms with van der Waals surface area (Å²) in [6.07, 6.45) is 0. The lowest BCUT2D eigenvalue weighted by Crippen LogP contribution is -2.11. The van der Waals surface area contributed by atoms with Crippen LogP contribution in [0.3, 0.4) is 0 Å². The Labute approximate surface area is 127 Å². The van der Waals surface area contributed by atoms with Crippen LogP contribution in [-0.2, 0) is 6.54 Å². The van der Waals surface area contributed by atoms with Crippen molar-refractivity contribution in [3.05, 3.63) is 57.8 Å². The first-order chi connectivity index (χ1) is 9.60. The van der Waals surface area contributed by atoms with Crippen LogP contribution in [0.25, 0.3) is 0 Å². The quantitative estimate of drug-likeness (QED) is 0.846. The van der Waals surface area contributed by atoms with Gasteiger partial charge in [-0.05, 0) is 58.7 Å². The van der Waals surface area contributed by atoms with Gasteiger partial charge in [0.2, 0.25) is 0 Å². The van der Waals surface area contributed by atoms with Gasteiger partial charge in [0.15, 0.2) is 0 Å². The Kier molecular flexibility index (Phi) is 5.15. The molecule has 20 heavy (non-hydrogen) atoms. The van der Waals surface area contributed by atoms with Crippen LogP contribution < -0.4 is 10.1 Å². The van der Waals surface area contributed by atoms with Gasteiger partial charge in [0, 0.05) is 12.6 Å². The highest BCUT2D eigenvalue weighted by Gasteiger charge is 2.06. The maximum Gasteiger partial charge on any atom is 0.141 e. The normalized spacial score (nSPS) is 10.6. The molecule has 0 aliphatic rings. The Hall–Kier alpha value is -1.39. The van der Waals surface area contributed by atoms with Crippen LogP contribution in [0.1, 0.15) is 18.1 Å². The SMILES string of the molecule is CCNCc1ccc(Oc2ccc(C)c(F)c2)c(Br)c1. The van der Waals surface area contributed by atoms with Gasteiger partial charge in [-0.2, -0.15) is 0 Å². The summed E-state index contributed by atoms with van der Waals surface area (Å²) in [6.45, 7) is 5.54. The van der Waals surface area contributed by atoms with Gasteiger partial charge in [-0.1, -0.05) is 19.1 Å². The van der Waals surface area contributed by atoms with E-state index in [1.165, 1.54) is 11.6 Å². The molecule has 4 heteroatoms. The molecule has 0 aromatic heterocycles. The first-order valence-electron chi connectivity index (χ1n) is 6.53. The van der Waals surface area contributed by atoms with Gasteiger partial charge in [-0.15, -0.1) is 0 Å². The lowest BCUT2D eigenvalue weighted by atomic mass is 10.2. The van der Waals surface area contributed by atoms with Gasteiger partial charge in [0.1, 0.15) is 17.3 Å². The summed E-state index contributed by atoms with van der Waals surface area (Å²) in [5, 5.41) is 3.26. The fourth-order valence-corrected chi connectivity index (χ4v) is 2.28. The highest BCUT2D eigenvalue weighted by Crippen LogP contribution is 2.31. The summed E-state index contributed by atoms with van der Waals surface area (Å²) < 4.78 is 20.0. The van der Waals surface area contributed by atoms with Gasteiger partial charge in [0.05, 0.1) is 4.47 Å². The summed E-state index contributed by atoms with van der Waals surface area (Å²) in [4.78, 5) is 0. The zero-order valence-corrected chi connectivity index (χ0v) is 13.1. The molecule has 0 radical (unpaired) electrons. The Bertz CT molecular complexity index is 601. The molecule has 0 atom stereocenters. The molecule has 2 aromatic rings. The molecule has 0 fully saturated rings. The smallest absolute Gasteiger partial charge is 0.141 e. The molecule has 2 aromatic carbocycles. The van der Waals surface area contributed by atoms with E-state index in [0.29, 0.717) is 17.1 Å². The topological polar surface area (TPSA) is 21.3 Å². The van der Waals surface area contributed by atoms with Gasteiger partial charge < -0.3 is 10.1 Å². The van der Waals surface area contributed by atoms with Crippen LogP contribution >= 0.6 is 15.9 Å². The molecule has 0 aliphatic heterocycles. The van der Waals surface area contributed by atoms with Crippen LogP contribution in [0, 0.1) is 12.7 Å². The molecule has 0 spiro atoms. The van der Waals surface area contributed by atoms with Crippen molar-refractivity contribution in [2.45, 2.75) is 20.4 Å². The third-order valence-corrected chi connectivity index (χ3v) is 3.57. The van der Waals surface area contributed by atoms with Crippen molar-refractivity contribution < 1.29 is 9.13 Å². The molecule has 0 bridgehead atoms. The molecule has 2 rings (SSSR count). The number of halogens is 2. The molecule has 0 saturated heterocycles. The average Bonchev–Trinajstić information content (AvgIpc) is 2.43. The Balaban J connectivity index is 2.14. The summed E-state index contributed by atoms with van der Waals surface area (Å²) in [5.74, 6) is 0.907. The van der Waals surface area contributed by atoms with Gasteiger partial charge >= 0.3 is 0 Å². The molecular weight excluding hydrogens is 321 g/mol. The first kappa shape index (κ1) is 15.0. The monoisotopic (exact) mass is 337 g/mol. The van der Waals surface area contributed by atoms with Crippen LogP contribution in [-0.4, -0.2) is 6.54 Å². The number of rotatable bonds is 5. The van der Waals surface area contributed by atoms with E-state index in [1.807, 2.05) is 18.2 Å². The standard InChI is InChI=1S/C16H17BrFNO/c1-3-19-10-12-5-7-16(14(17)8-12)20-13-6-4-11(2)15(18)9-13/h4-9,19H,3,10H2,1-2H3. The fourth-order valence-electron chi connectivity index (χ4n) is 1.77. The first-order valence-corrected chi connectivity index (χ1v) is 7.32. The highest BCUT2D eigenvalue weighted by atomic mass is 79.9. The summed E-state index contributed by atoms with van der Waals surface area (Å²) in [5.41, 5.74) is 1.78. The second kappa shape index (κ2) is 6.86. The van der Waals surface area contributed by atoms with Gasteiger partial charge in [-0.3, -0.25) is 0 Å². The molecule has 0 heterocycles. The molecule has 0 unspecified atom stereocenters. The summed E-state index contributed by atoms with van der Waals surface area (Å²) >= 11 is 3.48. The minimum absolute atomic E-state index is 0.262. The van der Waals surface area contributed by atoms with Crippen molar-refractivity contribution in [2.75, 3.05) is 6.54 Å². The van der Waals surface area contributed by atoms with E-state index < -0.39 is 0 Å². The van der Waals surface area contributed by atoms with Crippen LogP contribution in [0.2, 0.25) is 0 Å². The van der Waals surface area contributed by atoms with Crippen molar-refractivity contribution in [3.8, 4) is 11.5 Å². The van der Waals surface area contributed by atoms with E-state index >= 15 is 0 Å². The minimum Gasteiger partial charge on any atom is -0.456 e. The highest BCUT2D eigenvalue weighted by molar-refractivity contribution is 9.10. The molecule has 0 saturated carbocycles. The molecule has 2 nitrogen and oxygen atoms in total. The third kappa shape index (κ3) is 3.81. The van der Waals surface area contributed by atoms with Crippen LogP contribution in [0.5, 0.6) is 11.5 Å². The largest absolute Gasteiger partial charge is 0.456 e. The summed E-state index contributed by atoms with van der Waals surface area (Å²) in [7, 11) is 0.